The first-order valence-corrected chi connectivity index (χ1v) is 11.7. The summed E-state index contributed by atoms with van der Waals surface area (Å²) in [6.07, 6.45) is 22.0. The van der Waals surface area contributed by atoms with Gasteiger partial charge in [-0.05, 0) is 19.3 Å². The van der Waals surface area contributed by atoms with Crippen molar-refractivity contribution in [2.75, 3.05) is 0 Å². The van der Waals surface area contributed by atoms with Gasteiger partial charge in [-0.3, -0.25) is 0 Å². The topological polar surface area (TPSA) is 0 Å². The molecule has 0 bridgehead atoms. The number of unbranched alkanes of at least 4 members (excludes halogenated alkanes) is 19. The van der Waals surface area contributed by atoms with Gasteiger partial charge < -0.3 is 0 Å². The van der Waals surface area contributed by atoms with Crippen molar-refractivity contribution in [3.63, 3.8) is 0 Å². The molecule has 0 aromatic rings. The Morgan fingerprint density at radius 1 is 0.444 bits per heavy atom. The summed E-state index contributed by atoms with van der Waals surface area (Å²) in [4.78, 5) is 0. The molecule has 0 N–H and O–H groups in total. The first kappa shape index (κ1) is 26.5. The fourth-order valence-corrected chi connectivity index (χ4v) is 3.62. The Hall–Kier alpha value is -0.470. The van der Waals surface area contributed by atoms with Gasteiger partial charge in [0.25, 0.3) is 0 Å². The normalized spacial score (nSPS) is 11.8. The van der Waals surface area contributed by atoms with E-state index in [1.807, 2.05) is 6.08 Å². The molecule has 0 nitrogen and oxygen atoms in total. The maximum atomic E-state index is 12.0. The van der Waals surface area contributed by atoms with Gasteiger partial charge >= 0.3 is 6.18 Å². The second-order valence-corrected chi connectivity index (χ2v) is 8.16. The molecule has 0 aliphatic carbocycles. The Kier molecular flexibility index (Phi) is 19.9. The van der Waals surface area contributed by atoms with Gasteiger partial charge in [0.2, 0.25) is 0 Å². The second kappa shape index (κ2) is 20.3. The molecule has 0 radical (unpaired) electrons. The fraction of sp³-hybridized carbons (Fsp3) is 0.917. The second-order valence-electron chi connectivity index (χ2n) is 8.16. The van der Waals surface area contributed by atoms with Crippen LogP contribution in [0.25, 0.3) is 0 Å². The smallest absolute Gasteiger partial charge is 0.171 e. The van der Waals surface area contributed by atoms with E-state index in [2.05, 4.69) is 6.58 Å². The molecular weight excluding hydrogens is 345 g/mol. The zero-order chi connectivity index (χ0) is 20.1. The van der Waals surface area contributed by atoms with Gasteiger partial charge in [-0.25, -0.2) is 0 Å². The zero-order valence-electron chi connectivity index (χ0n) is 17.8. The van der Waals surface area contributed by atoms with Crippen molar-refractivity contribution >= 4 is 0 Å². The summed E-state index contributed by atoms with van der Waals surface area (Å²) in [7, 11) is 0. The van der Waals surface area contributed by atoms with Crippen molar-refractivity contribution in [3.05, 3.63) is 12.7 Å². The highest BCUT2D eigenvalue weighted by molar-refractivity contribution is 4.65. The number of alkyl halides is 3. The lowest BCUT2D eigenvalue weighted by molar-refractivity contribution is -0.135. The zero-order valence-corrected chi connectivity index (χ0v) is 17.8. The molecule has 0 saturated carbocycles. The Bertz CT molecular complexity index is 296. The molecule has 0 rings (SSSR count). The minimum absolute atomic E-state index is 0.305. The van der Waals surface area contributed by atoms with Gasteiger partial charge in [-0.2, -0.15) is 13.2 Å². The molecule has 0 heterocycles. The quantitative estimate of drug-likeness (QED) is 0.135. The van der Waals surface area contributed by atoms with Crippen LogP contribution in [0.15, 0.2) is 12.7 Å². The third kappa shape index (κ3) is 25.5. The SMILES string of the molecule is C=CCCCCCCCCCCCCCCCCCCCCCC(F)(F)F. The highest BCUT2D eigenvalue weighted by Crippen LogP contribution is 2.23. The summed E-state index contributed by atoms with van der Waals surface area (Å²) in [5.41, 5.74) is 0. The van der Waals surface area contributed by atoms with Crippen molar-refractivity contribution in [2.45, 2.75) is 141 Å². The molecule has 0 aliphatic rings. The maximum Gasteiger partial charge on any atom is 0.389 e. The van der Waals surface area contributed by atoms with E-state index >= 15 is 0 Å². The third-order valence-corrected chi connectivity index (χ3v) is 5.37. The molecule has 0 amide bonds. The lowest BCUT2D eigenvalue weighted by Gasteiger charge is -2.06. The molecule has 0 aromatic carbocycles. The van der Waals surface area contributed by atoms with E-state index in [4.69, 9.17) is 0 Å². The Morgan fingerprint density at radius 3 is 0.963 bits per heavy atom. The van der Waals surface area contributed by atoms with Crippen LogP contribution in [0.3, 0.4) is 0 Å². The highest BCUT2D eigenvalue weighted by atomic mass is 19.4. The lowest BCUT2D eigenvalue weighted by Crippen LogP contribution is -2.06. The van der Waals surface area contributed by atoms with E-state index in [0.717, 1.165) is 19.3 Å². The van der Waals surface area contributed by atoms with Gasteiger partial charge in [0.05, 0.1) is 0 Å². The van der Waals surface area contributed by atoms with Crippen LogP contribution in [0, 0.1) is 0 Å². The Labute approximate surface area is 167 Å². The molecular formula is C24H45F3. The number of hydrogen-bond acceptors (Lipinski definition) is 0. The van der Waals surface area contributed by atoms with E-state index in [1.54, 1.807) is 0 Å². The van der Waals surface area contributed by atoms with Crippen LogP contribution >= 0.6 is 0 Å². The summed E-state index contributed by atoms with van der Waals surface area (Å²) in [5.74, 6) is 0. The molecule has 3 heteroatoms. The summed E-state index contributed by atoms with van der Waals surface area (Å²) in [6, 6.07) is 0. The van der Waals surface area contributed by atoms with Crippen LogP contribution in [0.1, 0.15) is 135 Å². The van der Waals surface area contributed by atoms with Gasteiger partial charge in [0.15, 0.2) is 0 Å². The predicted octanol–water partition coefficient (Wildman–Crippen LogP) is 9.93. The van der Waals surface area contributed by atoms with E-state index in [0.29, 0.717) is 6.42 Å². The predicted molar refractivity (Wildman–Crippen MR) is 113 cm³/mol. The molecule has 0 saturated heterocycles. The van der Waals surface area contributed by atoms with E-state index in [-0.39, 0.29) is 0 Å². The van der Waals surface area contributed by atoms with Crippen molar-refractivity contribution in [1.82, 2.24) is 0 Å². The molecule has 162 valence electrons. The minimum atomic E-state index is -3.97. The van der Waals surface area contributed by atoms with Crippen LogP contribution in [0.2, 0.25) is 0 Å². The van der Waals surface area contributed by atoms with E-state index < -0.39 is 12.6 Å². The average molecular weight is 391 g/mol. The number of hydrogen-bond donors (Lipinski definition) is 0. The molecule has 0 aliphatic heterocycles. The molecule has 0 aromatic heterocycles. The van der Waals surface area contributed by atoms with Crippen LogP contribution in [0.4, 0.5) is 13.2 Å². The Balaban J connectivity index is 3.02. The number of rotatable bonds is 21. The first-order valence-electron chi connectivity index (χ1n) is 11.7. The van der Waals surface area contributed by atoms with Gasteiger partial charge in [-0.1, -0.05) is 115 Å². The Morgan fingerprint density at radius 2 is 0.704 bits per heavy atom. The minimum Gasteiger partial charge on any atom is -0.171 e. The van der Waals surface area contributed by atoms with Crippen molar-refractivity contribution < 1.29 is 13.2 Å². The highest BCUT2D eigenvalue weighted by Gasteiger charge is 2.25. The largest absolute Gasteiger partial charge is 0.389 e. The van der Waals surface area contributed by atoms with Gasteiger partial charge in [0.1, 0.15) is 0 Å². The average Bonchev–Trinajstić information content (AvgIpc) is 2.62. The summed E-state index contributed by atoms with van der Waals surface area (Å²) in [5, 5.41) is 0. The molecule has 0 spiro atoms. The molecule has 0 atom stereocenters. The van der Waals surface area contributed by atoms with Crippen molar-refractivity contribution in [2.24, 2.45) is 0 Å². The van der Waals surface area contributed by atoms with E-state index in [1.165, 1.54) is 103 Å². The fourth-order valence-electron chi connectivity index (χ4n) is 3.62. The van der Waals surface area contributed by atoms with Crippen molar-refractivity contribution in [1.29, 1.82) is 0 Å². The summed E-state index contributed by atoms with van der Waals surface area (Å²) >= 11 is 0. The number of halogens is 3. The molecule has 0 fully saturated rings. The third-order valence-electron chi connectivity index (χ3n) is 5.37. The van der Waals surface area contributed by atoms with Crippen LogP contribution in [-0.4, -0.2) is 6.18 Å². The number of allylic oxidation sites excluding steroid dienone is 1. The molecule has 27 heavy (non-hydrogen) atoms. The van der Waals surface area contributed by atoms with Crippen LogP contribution in [-0.2, 0) is 0 Å². The summed E-state index contributed by atoms with van der Waals surface area (Å²) < 4.78 is 36.0. The maximum absolute atomic E-state index is 12.0. The molecule has 0 unspecified atom stereocenters. The lowest BCUT2D eigenvalue weighted by atomic mass is 10.0. The standard InChI is InChI=1S/C24H45F3/c1-2-3-4-5-6-7-8-9-10-11-12-13-14-15-16-17-18-19-20-21-22-23-24(25,26)27/h2H,1,3-23H2. The van der Waals surface area contributed by atoms with Crippen LogP contribution < -0.4 is 0 Å². The summed E-state index contributed by atoms with van der Waals surface area (Å²) in [6.45, 7) is 3.76. The van der Waals surface area contributed by atoms with Gasteiger partial charge in [-0.15, -0.1) is 6.58 Å². The van der Waals surface area contributed by atoms with E-state index in [9.17, 15) is 13.2 Å². The first-order chi connectivity index (χ1) is 13.1. The van der Waals surface area contributed by atoms with Crippen molar-refractivity contribution in [3.8, 4) is 0 Å². The van der Waals surface area contributed by atoms with Gasteiger partial charge in [0, 0.05) is 6.42 Å². The monoisotopic (exact) mass is 390 g/mol. The van der Waals surface area contributed by atoms with Crippen LogP contribution in [0.5, 0.6) is 0 Å².